The number of benzene rings is 1. The van der Waals surface area contributed by atoms with Crippen molar-refractivity contribution in [3.05, 3.63) is 53.0 Å². The summed E-state index contributed by atoms with van der Waals surface area (Å²) in [7, 11) is 2.24. The molecule has 0 unspecified atom stereocenters. The van der Waals surface area contributed by atoms with E-state index in [9.17, 15) is 0 Å². The minimum atomic E-state index is 1.30. The van der Waals surface area contributed by atoms with E-state index in [0.717, 1.165) is 0 Å². The molecule has 1 radical (unpaired) electrons. The summed E-state index contributed by atoms with van der Waals surface area (Å²) in [5.41, 5.74) is 5.26. The van der Waals surface area contributed by atoms with Crippen LogP contribution in [0.4, 0.5) is 0 Å². The molecular weight excluding hydrogens is 179 g/mol. The molecular formula is C14H18B. The fraction of sp³-hybridized carbons (Fsp3) is 0.286. The number of aryl methyl sites for hydroxylation is 1. The van der Waals surface area contributed by atoms with Crippen molar-refractivity contribution >= 4 is 12.7 Å². The summed E-state index contributed by atoms with van der Waals surface area (Å²) in [4.78, 5) is 0. The lowest BCUT2D eigenvalue weighted by atomic mass is 9.60. The van der Waals surface area contributed by atoms with Gasteiger partial charge in [-0.1, -0.05) is 58.5 Å². The first-order chi connectivity index (χ1) is 7.15. The molecule has 0 nitrogen and oxygen atoms in total. The van der Waals surface area contributed by atoms with Gasteiger partial charge in [-0.25, -0.2) is 0 Å². The molecule has 0 spiro atoms. The first-order valence-electron chi connectivity index (χ1n) is 5.35. The van der Waals surface area contributed by atoms with Crippen LogP contribution in [0.3, 0.4) is 0 Å². The molecule has 1 heteroatoms. The van der Waals surface area contributed by atoms with Crippen molar-refractivity contribution in [2.45, 2.75) is 27.7 Å². The molecule has 0 aliphatic heterocycles. The van der Waals surface area contributed by atoms with Crippen LogP contribution in [0.25, 0.3) is 0 Å². The molecule has 0 aromatic heterocycles. The van der Waals surface area contributed by atoms with Crippen LogP contribution in [0.2, 0.25) is 0 Å². The lowest BCUT2D eigenvalue weighted by Crippen LogP contribution is -2.19. The highest BCUT2D eigenvalue weighted by molar-refractivity contribution is 6.62. The van der Waals surface area contributed by atoms with Gasteiger partial charge in [-0.05, 0) is 27.7 Å². The van der Waals surface area contributed by atoms with Crippen LogP contribution >= 0.6 is 0 Å². The van der Waals surface area contributed by atoms with Gasteiger partial charge in [0.25, 0.3) is 0 Å². The third-order valence-corrected chi connectivity index (χ3v) is 2.42. The van der Waals surface area contributed by atoms with E-state index >= 15 is 0 Å². The number of rotatable bonds is 3. The average molecular weight is 197 g/mol. The second kappa shape index (κ2) is 5.60. The van der Waals surface area contributed by atoms with Gasteiger partial charge >= 0.3 is 0 Å². The summed E-state index contributed by atoms with van der Waals surface area (Å²) in [5, 5.41) is 0. The highest BCUT2D eigenvalue weighted by Gasteiger charge is 2.03. The smallest absolute Gasteiger partial charge is 0.0882 e. The summed E-state index contributed by atoms with van der Waals surface area (Å²) < 4.78 is 0. The van der Waals surface area contributed by atoms with Crippen LogP contribution in [0, 0.1) is 6.92 Å². The van der Waals surface area contributed by atoms with E-state index in [2.05, 4.69) is 71.4 Å². The zero-order valence-electron chi connectivity index (χ0n) is 10.0. The van der Waals surface area contributed by atoms with Gasteiger partial charge in [-0.15, -0.1) is 0 Å². The van der Waals surface area contributed by atoms with E-state index in [0.29, 0.717) is 0 Å². The van der Waals surface area contributed by atoms with Gasteiger partial charge in [0.15, 0.2) is 7.28 Å². The third-order valence-electron chi connectivity index (χ3n) is 2.42. The second-order valence-corrected chi connectivity index (χ2v) is 3.96. The van der Waals surface area contributed by atoms with E-state index in [1.165, 1.54) is 22.1 Å². The Hall–Kier alpha value is -1.24. The summed E-state index contributed by atoms with van der Waals surface area (Å²) in [6.07, 6.45) is 4.23. The Balaban J connectivity index is 2.94. The Labute approximate surface area is 94.0 Å². The van der Waals surface area contributed by atoms with Gasteiger partial charge < -0.3 is 0 Å². The minimum Gasteiger partial charge on any atom is -0.0882 e. The summed E-state index contributed by atoms with van der Waals surface area (Å²) in [6, 6.07) is 8.45. The van der Waals surface area contributed by atoms with Gasteiger partial charge in [-0.2, -0.15) is 0 Å². The topological polar surface area (TPSA) is 0 Å². The van der Waals surface area contributed by atoms with E-state index in [4.69, 9.17) is 0 Å². The highest BCUT2D eigenvalue weighted by Crippen LogP contribution is 2.05. The Morgan fingerprint density at radius 1 is 1.20 bits per heavy atom. The van der Waals surface area contributed by atoms with E-state index in [-0.39, 0.29) is 0 Å². The van der Waals surface area contributed by atoms with Gasteiger partial charge in [0.05, 0.1) is 0 Å². The Morgan fingerprint density at radius 2 is 1.87 bits per heavy atom. The molecule has 0 aliphatic carbocycles. The van der Waals surface area contributed by atoms with Crippen molar-refractivity contribution in [2.24, 2.45) is 0 Å². The zero-order valence-corrected chi connectivity index (χ0v) is 10.0. The van der Waals surface area contributed by atoms with Crippen molar-refractivity contribution in [3.8, 4) is 0 Å². The zero-order chi connectivity index (χ0) is 11.3. The maximum absolute atomic E-state index is 2.24. The summed E-state index contributed by atoms with van der Waals surface area (Å²) in [6.45, 7) is 8.48. The first-order valence-corrected chi connectivity index (χ1v) is 5.35. The highest BCUT2D eigenvalue weighted by atomic mass is 13.9. The summed E-state index contributed by atoms with van der Waals surface area (Å²) >= 11 is 0. The quantitative estimate of drug-likeness (QED) is 0.515. The van der Waals surface area contributed by atoms with Crippen molar-refractivity contribution in [1.29, 1.82) is 0 Å². The molecule has 15 heavy (non-hydrogen) atoms. The number of hydrogen-bond acceptors (Lipinski definition) is 0. The van der Waals surface area contributed by atoms with E-state index in [1.54, 1.807) is 0 Å². The molecule has 0 N–H and O–H groups in total. The SMILES string of the molecule is C/C=C\C([B]c1ccccc1C)=C(C)C. The van der Waals surface area contributed by atoms with Gasteiger partial charge in [0.2, 0.25) is 0 Å². The molecule has 77 valence electrons. The number of hydrogen-bond donors (Lipinski definition) is 0. The van der Waals surface area contributed by atoms with E-state index in [1.807, 2.05) is 0 Å². The molecule has 0 saturated heterocycles. The van der Waals surface area contributed by atoms with Crippen LogP contribution < -0.4 is 5.46 Å². The van der Waals surface area contributed by atoms with Gasteiger partial charge in [0, 0.05) is 0 Å². The lowest BCUT2D eigenvalue weighted by Gasteiger charge is -2.07. The third kappa shape index (κ3) is 3.43. The standard InChI is InChI=1S/C14H18B/c1-5-8-13(11(2)3)15-14-10-7-6-9-12(14)4/h5-10H,1-4H3/b8-5-. The van der Waals surface area contributed by atoms with Crippen molar-refractivity contribution in [3.63, 3.8) is 0 Å². The van der Waals surface area contributed by atoms with Crippen molar-refractivity contribution < 1.29 is 0 Å². The monoisotopic (exact) mass is 197 g/mol. The molecule has 0 saturated carbocycles. The minimum absolute atomic E-state index is 1.30. The van der Waals surface area contributed by atoms with Crippen molar-refractivity contribution in [1.82, 2.24) is 0 Å². The Morgan fingerprint density at radius 3 is 2.40 bits per heavy atom. The van der Waals surface area contributed by atoms with Crippen LogP contribution in [0.5, 0.6) is 0 Å². The van der Waals surface area contributed by atoms with Crippen molar-refractivity contribution in [2.75, 3.05) is 0 Å². The normalized spacial score (nSPS) is 10.4. The molecule has 0 atom stereocenters. The molecule has 0 bridgehead atoms. The fourth-order valence-corrected chi connectivity index (χ4v) is 1.45. The summed E-state index contributed by atoms with van der Waals surface area (Å²) in [5.74, 6) is 0. The molecule has 0 amide bonds. The Bertz CT molecular complexity index is 382. The molecule has 0 fully saturated rings. The van der Waals surface area contributed by atoms with Crippen LogP contribution in [0.1, 0.15) is 26.3 Å². The number of allylic oxidation sites excluding steroid dienone is 4. The first kappa shape index (κ1) is 11.8. The van der Waals surface area contributed by atoms with Crippen LogP contribution in [-0.4, -0.2) is 7.28 Å². The van der Waals surface area contributed by atoms with Crippen LogP contribution in [-0.2, 0) is 0 Å². The second-order valence-electron chi connectivity index (χ2n) is 3.96. The van der Waals surface area contributed by atoms with Crippen LogP contribution in [0.15, 0.2) is 47.5 Å². The van der Waals surface area contributed by atoms with Gasteiger partial charge in [-0.3, -0.25) is 0 Å². The molecule has 0 aliphatic rings. The van der Waals surface area contributed by atoms with E-state index < -0.39 is 0 Å². The molecule has 0 heterocycles. The largest absolute Gasteiger partial charge is 0.191 e. The molecule has 1 aromatic carbocycles. The molecule has 1 aromatic rings. The maximum atomic E-state index is 2.24. The van der Waals surface area contributed by atoms with Gasteiger partial charge in [0.1, 0.15) is 0 Å². The molecule has 1 rings (SSSR count). The fourth-order valence-electron chi connectivity index (χ4n) is 1.45. The predicted octanol–water partition coefficient (Wildman–Crippen LogP) is 3.19. The maximum Gasteiger partial charge on any atom is 0.191 e. The average Bonchev–Trinajstić information content (AvgIpc) is 2.20. The lowest BCUT2D eigenvalue weighted by molar-refractivity contribution is 1.37. The Kier molecular flexibility index (Phi) is 4.42. The predicted molar refractivity (Wildman–Crippen MR) is 69.8 cm³/mol.